The summed E-state index contributed by atoms with van der Waals surface area (Å²) < 4.78 is 61.7. The number of aromatic nitrogens is 5. The van der Waals surface area contributed by atoms with Gasteiger partial charge in [0.15, 0.2) is 5.41 Å². The van der Waals surface area contributed by atoms with Gasteiger partial charge in [-0.3, -0.25) is 9.48 Å². The van der Waals surface area contributed by atoms with Crippen LogP contribution in [0.3, 0.4) is 0 Å². The molecule has 1 amide bonds. The minimum absolute atomic E-state index is 0.0561. The molecule has 1 saturated carbocycles. The Balaban J connectivity index is 1.71. The number of hydrogen-bond acceptors (Lipinski definition) is 6. The van der Waals surface area contributed by atoms with Crippen molar-refractivity contribution < 1.29 is 27.1 Å². The molecule has 1 aliphatic carbocycles. The van der Waals surface area contributed by atoms with E-state index in [0.717, 1.165) is 0 Å². The molecule has 3 heterocycles. The number of primary amides is 1. The highest BCUT2D eigenvalue weighted by atomic mass is 19.4. The number of pyridine rings is 1. The van der Waals surface area contributed by atoms with Crippen molar-refractivity contribution in [2.75, 3.05) is 7.11 Å². The van der Waals surface area contributed by atoms with Gasteiger partial charge >= 0.3 is 6.18 Å². The third kappa shape index (κ3) is 3.47. The summed E-state index contributed by atoms with van der Waals surface area (Å²) in [6, 6.07) is 7.15. The molecule has 180 valence electrons. The van der Waals surface area contributed by atoms with Gasteiger partial charge in [-0.1, -0.05) is 0 Å². The van der Waals surface area contributed by atoms with Crippen molar-refractivity contribution in [3.05, 3.63) is 54.4 Å². The highest BCUT2D eigenvalue weighted by Gasteiger charge is 2.76. The lowest BCUT2D eigenvalue weighted by atomic mass is 9.99. The van der Waals surface area contributed by atoms with Crippen molar-refractivity contribution in [1.29, 1.82) is 0 Å². The smallest absolute Gasteiger partial charge is 0.403 e. The van der Waals surface area contributed by atoms with E-state index in [9.17, 15) is 22.4 Å². The number of ether oxygens (including phenoxy) is 1. The minimum atomic E-state index is -4.85. The Bertz CT molecular complexity index is 1470. The molecule has 12 heteroatoms. The first-order chi connectivity index (χ1) is 16.6. The zero-order valence-electron chi connectivity index (χ0n) is 18.5. The average Bonchev–Trinajstić information content (AvgIpc) is 3.48. The van der Waals surface area contributed by atoms with Crippen LogP contribution >= 0.6 is 0 Å². The number of methoxy groups -OCH3 is 1. The summed E-state index contributed by atoms with van der Waals surface area (Å²) in [6.45, 7) is 0. The van der Waals surface area contributed by atoms with Gasteiger partial charge in [0, 0.05) is 36.4 Å². The van der Waals surface area contributed by atoms with E-state index < -0.39 is 35.7 Å². The van der Waals surface area contributed by atoms with Gasteiger partial charge in [-0.05, 0) is 30.7 Å². The fourth-order valence-electron chi connectivity index (χ4n) is 4.39. The summed E-state index contributed by atoms with van der Waals surface area (Å²) in [5.41, 5.74) is 4.83. The van der Waals surface area contributed by atoms with Crippen molar-refractivity contribution in [2.24, 2.45) is 18.2 Å². The summed E-state index contributed by atoms with van der Waals surface area (Å²) in [5.74, 6) is -3.12. The highest BCUT2D eigenvalue weighted by molar-refractivity contribution is 5.94. The standard InChI is InChI=1S/C23H18F4N6O2/c1-33-9-13(17(32-33)11-3-5-12(24)6-4-11)18-20-15(29-10-30-18)7-16(35-2)19(31-20)14-8-22(14,21(28)34)23(25,26)27/h3-7,9-10,14H,8H2,1-2H3,(H2,28,34). The molecule has 1 aliphatic rings. The fraction of sp³-hybridized carbons (Fsp3) is 0.261. The van der Waals surface area contributed by atoms with Crippen LogP contribution in [0.25, 0.3) is 33.5 Å². The molecule has 1 aromatic carbocycles. The van der Waals surface area contributed by atoms with Gasteiger partial charge in [-0.25, -0.2) is 19.3 Å². The molecule has 4 aromatic rings. The number of nitrogens with two attached hydrogens (primary N) is 1. The number of carbonyl (C=O) groups excluding carboxylic acids is 1. The van der Waals surface area contributed by atoms with E-state index >= 15 is 0 Å². The lowest BCUT2D eigenvalue weighted by molar-refractivity contribution is -0.192. The van der Waals surface area contributed by atoms with Crippen molar-refractivity contribution in [2.45, 2.75) is 18.5 Å². The molecule has 2 unspecified atom stereocenters. The van der Waals surface area contributed by atoms with Crippen LogP contribution in [-0.2, 0) is 11.8 Å². The fourth-order valence-corrected chi connectivity index (χ4v) is 4.39. The molecule has 0 saturated heterocycles. The largest absolute Gasteiger partial charge is 0.495 e. The predicted molar refractivity (Wildman–Crippen MR) is 117 cm³/mol. The van der Waals surface area contributed by atoms with E-state index in [-0.39, 0.29) is 17.0 Å². The van der Waals surface area contributed by atoms with Gasteiger partial charge in [0.25, 0.3) is 0 Å². The van der Waals surface area contributed by atoms with Crippen molar-refractivity contribution >= 4 is 16.9 Å². The first-order valence-corrected chi connectivity index (χ1v) is 10.4. The van der Waals surface area contributed by atoms with Crippen LogP contribution in [0.4, 0.5) is 17.6 Å². The summed E-state index contributed by atoms with van der Waals surface area (Å²) in [6.07, 6.45) is -2.41. The molecule has 0 radical (unpaired) electrons. The maximum Gasteiger partial charge on any atom is 0.403 e. The Morgan fingerprint density at radius 1 is 1.20 bits per heavy atom. The third-order valence-electron chi connectivity index (χ3n) is 6.26. The van der Waals surface area contributed by atoms with Crippen LogP contribution in [0.15, 0.2) is 42.9 Å². The Morgan fingerprint density at radius 3 is 2.51 bits per heavy atom. The number of alkyl halides is 3. The normalized spacial score (nSPS) is 19.7. The number of rotatable bonds is 5. The molecule has 0 spiro atoms. The second kappa shape index (κ2) is 7.72. The molecule has 35 heavy (non-hydrogen) atoms. The van der Waals surface area contributed by atoms with Gasteiger partial charge in [0.1, 0.15) is 34.8 Å². The molecular formula is C23H18F4N6O2. The molecule has 1 fully saturated rings. The lowest BCUT2D eigenvalue weighted by Crippen LogP contribution is -2.39. The van der Waals surface area contributed by atoms with E-state index in [0.29, 0.717) is 28.0 Å². The van der Waals surface area contributed by atoms with E-state index in [1.165, 1.54) is 36.3 Å². The Labute approximate surface area is 195 Å². The SMILES string of the molecule is COc1cc2ncnc(-c3cn(C)nc3-c3ccc(F)cc3)c2nc1C1CC1(C(N)=O)C(F)(F)F. The quantitative estimate of drug-likeness (QED) is 0.431. The number of fused-ring (bicyclic) bond motifs is 1. The Morgan fingerprint density at radius 2 is 1.91 bits per heavy atom. The second-order valence-electron chi connectivity index (χ2n) is 8.33. The number of amides is 1. The molecule has 0 aliphatic heterocycles. The lowest BCUT2D eigenvalue weighted by Gasteiger charge is -2.18. The van der Waals surface area contributed by atoms with Crippen LogP contribution in [0.2, 0.25) is 0 Å². The summed E-state index contributed by atoms with van der Waals surface area (Å²) >= 11 is 0. The molecule has 3 aromatic heterocycles. The number of nitrogens with zero attached hydrogens (tertiary/aromatic N) is 5. The molecular weight excluding hydrogens is 468 g/mol. The first-order valence-electron chi connectivity index (χ1n) is 10.4. The molecule has 2 atom stereocenters. The van der Waals surface area contributed by atoms with Gasteiger partial charge < -0.3 is 10.5 Å². The number of benzene rings is 1. The molecule has 2 N–H and O–H groups in total. The topological polar surface area (TPSA) is 109 Å². The van der Waals surface area contributed by atoms with E-state index in [1.54, 1.807) is 25.4 Å². The van der Waals surface area contributed by atoms with Gasteiger partial charge in [0.05, 0.1) is 18.3 Å². The highest BCUT2D eigenvalue weighted by Crippen LogP contribution is 2.68. The maximum atomic E-state index is 13.8. The number of aryl methyl sites for hydroxylation is 1. The van der Waals surface area contributed by atoms with Crippen molar-refractivity contribution in [3.8, 4) is 28.3 Å². The van der Waals surface area contributed by atoms with E-state index in [2.05, 4.69) is 20.1 Å². The Hall–Kier alpha value is -4.09. The van der Waals surface area contributed by atoms with Gasteiger partial charge in [0.2, 0.25) is 5.91 Å². The molecule has 8 nitrogen and oxygen atoms in total. The van der Waals surface area contributed by atoms with Crippen molar-refractivity contribution in [1.82, 2.24) is 24.7 Å². The third-order valence-corrected chi connectivity index (χ3v) is 6.26. The number of hydrogen-bond donors (Lipinski definition) is 1. The maximum absolute atomic E-state index is 13.8. The summed E-state index contributed by atoms with van der Waals surface area (Å²) in [4.78, 5) is 24.9. The van der Waals surface area contributed by atoms with Gasteiger partial charge in [-0.15, -0.1) is 0 Å². The number of halogens is 4. The number of carbonyl (C=O) groups is 1. The zero-order valence-corrected chi connectivity index (χ0v) is 18.5. The van der Waals surface area contributed by atoms with Crippen LogP contribution in [-0.4, -0.2) is 43.9 Å². The van der Waals surface area contributed by atoms with Crippen LogP contribution in [0.1, 0.15) is 18.0 Å². The second-order valence-corrected chi connectivity index (χ2v) is 8.33. The summed E-state index contributed by atoms with van der Waals surface area (Å²) in [5, 5.41) is 4.45. The van der Waals surface area contributed by atoms with Crippen molar-refractivity contribution in [3.63, 3.8) is 0 Å². The first kappa shape index (κ1) is 22.7. The average molecular weight is 486 g/mol. The van der Waals surface area contributed by atoms with E-state index in [1.807, 2.05) is 0 Å². The predicted octanol–water partition coefficient (Wildman–Crippen LogP) is 3.76. The zero-order chi connectivity index (χ0) is 25.1. The molecule has 5 rings (SSSR count). The van der Waals surface area contributed by atoms with Gasteiger partial charge in [-0.2, -0.15) is 18.3 Å². The minimum Gasteiger partial charge on any atom is -0.495 e. The molecule has 0 bridgehead atoms. The van der Waals surface area contributed by atoms with Crippen LogP contribution in [0.5, 0.6) is 5.75 Å². The van der Waals surface area contributed by atoms with Crippen LogP contribution in [0, 0.1) is 11.2 Å². The monoisotopic (exact) mass is 486 g/mol. The van der Waals surface area contributed by atoms with E-state index in [4.69, 9.17) is 10.5 Å². The van der Waals surface area contributed by atoms with Crippen LogP contribution < -0.4 is 10.5 Å². The Kier molecular flexibility index (Phi) is 5.00. The summed E-state index contributed by atoms with van der Waals surface area (Å²) in [7, 11) is 2.99.